The predicted molar refractivity (Wildman–Crippen MR) is 108 cm³/mol. The molecule has 0 heterocycles. The summed E-state index contributed by atoms with van der Waals surface area (Å²) in [6.07, 6.45) is 0. The van der Waals surface area contributed by atoms with E-state index < -0.39 is 21.7 Å². The van der Waals surface area contributed by atoms with Gasteiger partial charge in [-0.2, -0.15) is 0 Å². The first-order chi connectivity index (χ1) is 13.2. The van der Waals surface area contributed by atoms with Gasteiger partial charge in [0.05, 0.1) is 10.6 Å². The topological polar surface area (TPSA) is 75.3 Å². The number of amides is 1. The number of hydrogen-bond donors (Lipinski definition) is 2. The molecule has 0 spiro atoms. The quantitative estimate of drug-likeness (QED) is 0.665. The monoisotopic (exact) mass is 398 g/mol. The van der Waals surface area contributed by atoms with E-state index in [0.29, 0.717) is 16.9 Å². The Morgan fingerprint density at radius 3 is 2.32 bits per heavy atom. The molecule has 3 aromatic carbocycles. The Labute approximate surface area is 163 Å². The van der Waals surface area contributed by atoms with Gasteiger partial charge in [0.1, 0.15) is 5.82 Å². The van der Waals surface area contributed by atoms with Crippen molar-refractivity contribution in [3.05, 3.63) is 89.2 Å². The van der Waals surface area contributed by atoms with Crippen LogP contribution in [0.3, 0.4) is 0 Å². The lowest BCUT2D eigenvalue weighted by atomic mass is 10.1. The molecule has 0 aliphatic rings. The Morgan fingerprint density at radius 2 is 1.64 bits per heavy atom. The molecule has 0 unspecified atom stereocenters. The molecule has 3 rings (SSSR count). The van der Waals surface area contributed by atoms with Gasteiger partial charge in [0.2, 0.25) is 0 Å². The maximum Gasteiger partial charge on any atom is 0.261 e. The first-order valence-electron chi connectivity index (χ1n) is 8.52. The average molecular weight is 398 g/mol. The molecule has 28 heavy (non-hydrogen) atoms. The van der Waals surface area contributed by atoms with Gasteiger partial charge in [0.15, 0.2) is 0 Å². The Bertz CT molecular complexity index is 1130. The summed E-state index contributed by atoms with van der Waals surface area (Å²) in [6, 6.07) is 16.7. The highest BCUT2D eigenvalue weighted by Crippen LogP contribution is 2.22. The van der Waals surface area contributed by atoms with Gasteiger partial charge in [-0.15, -0.1) is 0 Å². The third-order valence-electron chi connectivity index (χ3n) is 4.16. The lowest BCUT2D eigenvalue weighted by Gasteiger charge is -2.13. The van der Waals surface area contributed by atoms with Crippen LogP contribution < -0.4 is 10.0 Å². The standard InChI is InChI=1S/C21H19FN2O3S/c1-14-6-10-19(11-7-14)28(26,27)24-20-12-16(9-8-15(20)2)21(25)23-18-5-3-4-17(22)13-18/h3-13,24H,1-2H3,(H,23,25). The number of carbonyl (C=O) groups is 1. The average Bonchev–Trinajstić information content (AvgIpc) is 2.63. The van der Waals surface area contributed by atoms with Crippen LogP contribution in [0.1, 0.15) is 21.5 Å². The molecular formula is C21H19FN2O3S. The summed E-state index contributed by atoms with van der Waals surface area (Å²) in [4.78, 5) is 12.6. The van der Waals surface area contributed by atoms with Crippen molar-refractivity contribution >= 4 is 27.3 Å². The van der Waals surface area contributed by atoms with Crippen molar-refractivity contribution in [1.82, 2.24) is 0 Å². The SMILES string of the molecule is Cc1ccc(S(=O)(=O)Nc2cc(C(=O)Nc3cccc(F)c3)ccc2C)cc1. The van der Waals surface area contributed by atoms with Gasteiger partial charge in [-0.05, 0) is 61.9 Å². The molecule has 7 heteroatoms. The van der Waals surface area contributed by atoms with Crippen LogP contribution in [-0.4, -0.2) is 14.3 Å². The number of anilines is 2. The minimum atomic E-state index is -3.79. The number of sulfonamides is 1. The van der Waals surface area contributed by atoms with Crippen LogP contribution in [0.2, 0.25) is 0 Å². The van der Waals surface area contributed by atoms with E-state index in [2.05, 4.69) is 10.0 Å². The number of nitrogens with one attached hydrogen (secondary N) is 2. The highest BCUT2D eigenvalue weighted by Gasteiger charge is 2.16. The van der Waals surface area contributed by atoms with Crippen molar-refractivity contribution in [2.75, 3.05) is 10.0 Å². The zero-order valence-corrected chi connectivity index (χ0v) is 16.2. The number of benzene rings is 3. The van der Waals surface area contributed by atoms with Crippen molar-refractivity contribution in [2.45, 2.75) is 18.7 Å². The number of aryl methyl sites for hydroxylation is 2. The third-order valence-corrected chi connectivity index (χ3v) is 5.54. The van der Waals surface area contributed by atoms with Crippen molar-refractivity contribution in [3.63, 3.8) is 0 Å². The van der Waals surface area contributed by atoms with E-state index in [-0.39, 0.29) is 10.5 Å². The Kier molecular flexibility index (Phi) is 5.46. The first kappa shape index (κ1) is 19.6. The van der Waals surface area contributed by atoms with Crippen molar-refractivity contribution in [3.8, 4) is 0 Å². The van der Waals surface area contributed by atoms with Crippen molar-refractivity contribution in [1.29, 1.82) is 0 Å². The first-order valence-corrected chi connectivity index (χ1v) is 10.00. The summed E-state index contributed by atoms with van der Waals surface area (Å²) in [5, 5.41) is 2.59. The van der Waals surface area contributed by atoms with E-state index in [0.717, 1.165) is 5.56 Å². The number of rotatable bonds is 5. The Hall–Kier alpha value is -3.19. The number of hydrogen-bond acceptors (Lipinski definition) is 3. The van der Waals surface area contributed by atoms with Gasteiger partial charge in [-0.3, -0.25) is 9.52 Å². The van der Waals surface area contributed by atoms with Gasteiger partial charge < -0.3 is 5.32 Å². The van der Waals surface area contributed by atoms with E-state index in [1.54, 1.807) is 37.3 Å². The molecule has 0 fully saturated rings. The van der Waals surface area contributed by atoms with Crippen LogP contribution in [-0.2, 0) is 10.0 Å². The van der Waals surface area contributed by atoms with E-state index >= 15 is 0 Å². The zero-order valence-electron chi connectivity index (χ0n) is 15.4. The summed E-state index contributed by atoms with van der Waals surface area (Å²) >= 11 is 0. The summed E-state index contributed by atoms with van der Waals surface area (Å²) < 4.78 is 41.0. The van der Waals surface area contributed by atoms with Gasteiger partial charge in [0.25, 0.3) is 15.9 Å². The third kappa shape index (κ3) is 4.55. The molecule has 0 atom stereocenters. The fraction of sp³-hybridized carbons (Fsp3) is 0.0952. The molecule has 0 aliphatic heterocycles. The largest absolute Gasteiger partial charge is 0.322 e. The maximum absolute atomic E-state index is 13.3. The number of carbonyl (C=O) groups excluding carboxylic acids is 1. The zero-order chi connectivity index (χ0) is 20.3. The summed E-state index contributed by atoms with van der Waals surface area (Å²) in [7, 11) is -3.79. The minimum Gasteiger partial charge on any atom is -0.322 e. The second-order valence-electron chi connectivity index (χ2n) is 6.41. The van der Waals surface area contributed by atoms with E-state index in [9.17, 15) is 17.6 Å². The summed E-state index contributed by atoms with van der Waals surface area (Å²) in [5.41, 5.74) is 2.47. The molecule has 144 valence electrons. The maximum atomic E-state index is 13.3. The van der Waals surface area contributed by atoms with E-state index in [1.807, 2.05) is 6.92 Å². The minimum absolute atomic E-state index is 0.132. The molecule has 0 aromatic heterocycles. The fourth-order valence-electron chi connectivity index (χ4n) is 2.56. The Balaban J connectivity index is 1.85. The molecule has 0 saturated heterocycles. The van der Waals surface area contributed by atoms with Crippen molar-refractivity contribution < 1.29 is 17.6 Å². The van der Waals surface area contributed by atoms with Crippen LogP contribution in [0.4, 0.5) is 15.8 Å². The highest BCUT2D eigenvalue weighted by atomic mass is 32.2. The lowest BCUT2D eigenvalue weighted by Crippen LogP contribution is -2.16. The molecule has 5 nitrogen and oxygen atoms in total. The summed E-state index contributed by atoms with van der Waals surface area (Å²) in [5.74, 6) is -0.936. The van der Waals surface area contributed by atoms with Gasteiger partial charge >= 0.3 is 0 Å². The van der Waals surface area contributed by atoms with Crippen molar-refractivity contribution in [2.24, 2.45) is 0 Å². The fourth-order valence-corrected chi connectivity index (χ4v) is 3.69. The molecule has 0 saturated carbocycles. The molecule has 3 aromatic rings. The molecule has 0 radical (unpaired) electrons. The number of halogens is 1. The van der Waals surface area contributed by atoms with Gasteiger partial charge in [-0.1, -0.05) is 29.8 Å². The van der Waals surface area contributed by atoms with Crippen LogP contribution in [0.5, 0.6) is 0 Å². The molecule has 0 bridgehead atoms. The molecular weight excluding hydrogens is 379 g/mol. The second kappa shape index (κ2) is 7.82. The van der Waals surface area contributed by atoms with Crippen LogP contribution >= 0.6 is 0 Å². The van der Waals surface area contributed by atoms with Crippen LogP contribution in [0.25, 0.3) is 0 Å². The van der Waals surface area contributed by atoms with Gasteiger partial charge in [0, 0.05) is 11.3 Å². The lowest BCUT2D eigenvalue weighted by molar-refractivity contribution is 0.102. The Morgan fingerprint density at radius 1 is 0.929 bits per heavy atom. The second-order valence-corrected chi connectivity index (χ2v) is 8.10. The van der Waals surface area contributed by atoms with E-state index in [1.165, 1.54) is 36.4 Å². The smallest absolute Gasteiger partial charge is 0.261 e. The molecule has 1 amide bonds. The highest BCUT2D eigenvalue weighted by molar-refractivity contribution is 7.92. The van der Waals surface area contributed by atoms with Crippen LogP contribution in [0, 0.1) is 19.7 Å². The van der Waals surface area contributed by atoms with Gasteiger partial charge in [-0.25, -0.2) is 12.8 Å². The molecule has 0 aliphatic carbocycles. The van der Waals surface area contributed by atoms with Crippen LogP contribution in [0.15, 0.2) is 71.6 Å². The normalized spacial score (nSPS) is 11.1. The van der Waals surface area contributed by atoms with E-state index in [4.69, 9.17) is 0 Å². The predicted octanol–water partition coefficient (Wildman–Crippen LogP) is 4.50. The molecule has 2 N–H and O–H groups in total. The summed E-state index contributed by atoms with van der Waals surface area (Å²) in [6.45, 7) is 3.61.